The Hall–Kier alpha value is -1.92. The van der Waals surface area contributed by atoms with E-state index in [0.717, 1.165) is 6.20 Å². The van der Waals surface area contributed by atoms with Crippen molar-refractivity contribution in [2.24, 2.45) is 5.92 Å². The minimum atomic E-state index is -1.12. The van der Waals surface area contributed by atoms with E-state index in [1.165, 1.54) is 0 Å². The van der Waals surface area contributed by atoms with Crippen LogP contribution in [0.1, 0.15) is 13.8 Å². The molecule has 0 aliphatic carbocycles. The van der Waals surface area contributed by atoms with Gasteiger partial charge in [-0.15, -0.1) is 0 Å². The molecule has 0 bridgehead atoms. The number of aromatic amines is 1. The second-order valence-corrected chi connectivity index (χ2v) is 3.62. The van der Waals surface area contributed by atoms with Gasteiger partial charge in [-0.3, -0.25) is 4.98 Å². The third-order valence-corrected chi connectivity index (χ3v) is 2.00. The Morgan fingerprint density at radius 2 is 2.25 bits per heavy atom. The van der Waals surface area contributed by atoms with Crippen LogP contribution in [-0.4, -0.2) is 27.1 Å². The quantitative estimate of drug-likeness (QED) is 0.695. The van der Waals surface area contributed by atoms with E-state index in [9.17, 15) is 14.0 Å². The lowest BCUT2D eigenvalue weighted by Crippen LogP contribution is -2.35. The monoisotopic (exact) mass is 229 g/mol. The molecule has 1 aromatic rings. The molecule has 1 atom stereocenters. The molecule has 0 aliphatic heterocycles. The number of hydrogen-bond donors (Lipinski definition) is 3. The first-order valence-electron chi connectivity index (χ1n) is 4.66. The third-order valence-electron chi connectivity index (χ3n) is 2.00. The van der Waals surface area contributed by atoms with Crippen LogP contribution in [0.25, 0.3) is 0 Å². The summed E-state index contributed by atoms with van der Waals surface area (Å²) in [6.07, 6.45) is 0.737. The second-order valence-electron chi connectivity index (χ2n) is 3.62. The van der Waals surface area contributed by atoms with Crippen molar-refractivity contribution in [1.29, 1.82) is 0 Å². The highest BCUT2D eigenvalue weighted by Gasteiger charge is 2.22. The number of aliphatic carboxylic acids is 1. The van der Waals surface area contributed by atoms with E-state index in [1.807, 2.05) is 0 Å². The summed E-state index contributed by atoms with van der Waals surface area (Å²) in [5.74, 6) is -2.44. The Balaban J connectivity index is 2.97. The van der Waals surface area contributed by atoms with Crippen molar-refractivity contribution in [3.8, 4) is 0 Å². The standard InChI is InChI=1S/C9H12FN3O3/c1-4(2)6(8(14)15)12-7-5(10)3-11-9(16)13-7/h3-4,6H,1-2H3,(H,14,15)(H2,11,12,13,16)/t6-/m0/s1. The smallest absolute Gasteiger partial charge is 0.346 e. The van der Waals surface area contributed by atoms with Gasteiger partial charge in [-0.05, 0) is 5.92 Å². The molecule has 1 aromatic heterocycles. The fourth-order valence-electron chi connectivity index (χ4n) is 1.15. The van der Waals surface area contributed by atoms with E-state index in [4.69, 9.17) is 5.11 Å². The van der Waals surface area contributed by atoms with Crippen LogP contribution in [0.4, 0.5) is 10.2 Å². The van der Waals surface area contributed by atoms with Gasteiger partial charge in [0, 0.05) is 0 Å². The molecular weight excluding hydrogens is 217 g/mol. The average Bonchev–Trinajstić information content (AvgIpc) is 2.18. The van der Waals surface area contributed by atoms with Crippen LogP contribution in [0, 0.1) is 11.7 Å². The van der Waals surface area contributed by atoms with Crippen LogP contribution in [0.3, 0.4) is 0 Å². The molecule has 3 N–H and O–H groups in total. The summed E-state index contributed by atoms with van der Waals surface area (Å²) in [5.41, 5.74) is -0.739. The number of anilines is 1. The molecule has 7 heteroatoms. The Bertz CT molecular complexity index is 444. The zero-order valence-electron chi connectivity index (χ0n) is 8.82. The number of halogens is 1. The zero-order chi connectivity index (χ0) is 12.3. The molecule has 1 rings (SSSR count). The van der Waals surface area contributed by atoms with Gasteiger partial charge in [0.15, 0.2) is 5.82 Å². The molecule has 88 valence electrons. The highest BCUT2D eigenvalue weighted by molar-refractivity contribution is 5.77. The first-order chi connectivity index (χ1) is 7.41. The van der Waals surface area contributed by atoms with E-state index < -0.39 is 23.5 Å². The average molecular weight is 229 g/mol. The first kappa shape index (κ1) is 12.2. The number of carbonyl (C=O) groups is 1. The van der Waals surface area contributed by atoms with Gasteiger partial charge in [0.2, 0.25) is 0 Å². The molecule has 0 radical (unpaired) electrons. The van der Waals surface area contributed by atoms with Crippen LogP contribution >= 0.6 is 0 Å². The number of carboxylic acid groups (broad SMARTS) is 1. The summed E-state index contributed by atoms with van der Waals surface area (Å²) >= 11 is 0. The molecular formula is C9H12FN3O3. The maximum absolute atomic E-state index is 13.2. The molecule has 0 unspecified atom stereocenters. The summed E-state index contributed by atoms with van der Waals surface area (Å²) in [4.78, 5) is 27.0. The Kier molecular flexibility index (Phi) is 3.60. The van der Waals surface area contributed by atoms with Gasteiger partial charge in [0.1, 0.15) is 11.9 Å². The van der Waals surface area contributed by atoms with Crippen LogP contribution in [0.5, 0.6) is 0 Å². The number of hydrogen-bond acceptors (Lipinski definition) is 4. The largest absolute Gasteiger partial charge is 0.480 e. The van der Waals surface area contributed by atoms with Crippen LogP contribution in [0.2, 0.25) is 0 Å². The van der Waals surface area contributed by atoms with Gasteiger partial charge < -0.3 is 10.4 Å². The number of nitrogens with one attached hydrogen (secondary N) is 2. The SMILES string of the molecule is CC(C)[C@H](Nc1[nH]c(=O)ncc1F)C(=O)O. The summed E-state index contributed by atoms with van der Waals surface area (Å²) in [7, 11) is 0. The summed E-state index contributed by atoms with van der Waals surface area (Å²) in [6.45, 7) is 3.34. The first-order valence-corrected chi connectivity index (χ1v) is 4.66. The predicted octanol–water partition coefficient (Wildman–Crippen LogP) is 0.430. The van der Waals surface area contributed by atoms with Crippen molar-refractivity contribution >= 4 is 11.8 Å². The van der Waals surface area contributed by atoms with Crippen molar-refractivity contribution < 1.29 is 14.3 Å². The maximum Gasteiger partial charge on any atom is 0.346 e. The van der Waals surface area contributed by atoms with E-state index in [0.29, 0.717) is 0 Å². The molecule has 0 saturated heterocycles. The number of rotatable bonds is 4. The molecule has 0 spiro atoms. The van der Waals surface area contributed by atoms with Crippen LogP contribution in [0.15, 0.2) is 11.0 Å². The highest BCUT2D eigenvalue weighted by atomic mass is 19.1. The van der Waals surface area contributed by atoms with E-state index in [1.54, 1.807) is 13.8 Å². The lowest BCUT2D eigenvalue weighted by atomic mass is 10.1. The van der Waals surface area contributed by atoms with Crippen molar-refractivity contribution in [3.05, 3.63) is 22.5 Å². The number of aromatic nitrogens is 2. The topological polar surface area (TPSA) is 95.1 Å². The minimum Gasteiger partial charge on any atom is -0.480 e. The van der Waals surface area contributed by atoms with Crippen molar-refractivity contribution in [1.82, 2.24) is 9.97 Å². The van der Waals surface area contributed by atoms with Crippen molar-refractivity contribution in [3.63, 3.8) is 0 Å². The predicted molar refractivity (Wildman–Crippen MR) is 54.7 cm³/mol. The normalized spacial score (nSPS) is 12.5. The summed E-state index contributed by atoms with van der Waals surface area (Å²) in [6, 6.07) is -0.979. The molecule has 0 aromatic carbocycles. The number of H-pyrrole nitrogens is 1. The number of nitrogens with zero attached hydrogens (tertiary/aromatic N) is 1. The Labute approximate surface area is 90.5 Å². The van der Waals surface area contributed by atoms with Gasteiger partial charge in [0.25, 0.3) is 0 Å². The van der Waals surface area contributed by atoms with E-state index in [2.05, 4.69) is 15.3 Å². The minimum absolute atomic E-state index is 0.256. The Morgan fingerprint density at radius 1 is 1.62 bits per heavy atom. The number of carboxylic acids is 1. The molecule has 0 fully saturated rings. The Morgan fingerprint density at radius 3 is 2.75 bits per heavy atom. The van der Waals surface area contributed by atoms with Crippen LogP contribution < -0.4 is 11.0 Å². The lowest BCUT2D eigenvalue weighted by Gasteiger charge is -2.18. The molecule has 6 nitrogen and oxygen atoms in total. The second kappa shape index (κ2) is 4.73. The zero-order valence-corrected chi connectivity index (χ0v) is 8.82. The maximum atomic E-state index is 13.2. The third kappa shape index (κ3) is 2.78. The highest BCUT2D eigenvalue weighted by Crippen LogP contribution is 2.12. The molecule has 0 aliphatic rings. The molecule has 0 amide bonds. The van der Waals surface area contributed by atoms with Gasteiger partial charge in [0.05, 0.1) is 6.20 Å². The summed E-state index contributed by atoms with van der Waals surface area (Å²) < 4.78 is 13.2. The fourth-order valence-corrected chi connectivity index (χ4v) is 1.15. The van der Waals surface area contributed by atoms with E-state index >= 15 is 0 Å². The van der Waals surface area contributed by atoms with Gasteiger partial charge in [-0.25, -0.2) is 14.0 Å². The van der Waals surface area contributed by atoms with Crippen molar-refractivity contribution in [2.75, 3.05) is 5.32 Å². The molecule has 16 heavy (non-hydrogen) atoms. The fraction of sp³-hybridized carbons (Fsp3) is 0.444. The molecule has 0 saturated carbocycles. The van der Waals surface area contributed by atoms with Crippen LogP contribution in [-0.2, 0) is 4.79 Å². The summed E-state index contributed by atoms with van der Waals surface area (Å²) in [5, 5.41) is 11.3. The molecule has 1 heterocycles. The van der Waals surface area contributed by atoms with Gasteiger partial charge in [-0.2, -0.15) is 4.98 Å². The van der Waals surface area contributed by atoms with Gasteiger partial charge >= 0.3 is 11.7 Å². The van der Waals surface area contributed by atoms with E-state index in [-0.39, 0.29) is 11.7 Å². The lowest BCUT2D eigenvalue weighted by molar-refractivity contribution is -0.138. The van der Waals surface area contributed by atoms with Crippen molar-refractivity contribution in [2.45, 2.75) is 19.9 Å². The van der Waals surface area contributed by atoms with Gasteiger partial charge in [-0.1, -0.05) is 13.8 Å².